The monoisotopic (exact) mass is 272 g/mol. The zero-order chi connectivity index (χ0) is 13.5. The molecule has 3 rings (SSSR count). The number of para-hydroxylation sites is 1. The number of hydrogen-bond acceptors (Lipinski definition) is 2. The minimum atomic E-state index is -3.66. The van der Waals surface area contributed by atoms with E-state index in [2.05, 4.69) is 0 Å². The van der Waals surface area contributed by atoms with E-state index in [9.17, 15) is 8.42 Å². The van der Waals surface area contributed by atoms with Gasteiger partial charge in [-0.05, 0) is 36.4 Å². The van der Waals surface area contributed by atoms with Gasteiger partial charge in [-0.25, -0.2) is 13.6 Å². The van der Waals surface area contributed by atoms with Gasteiger partial charge in [-0.15, -0.1) is 0 Å². The van der Waals surface area contributed by atoms with E-state index in [-0.39, 0.29) is 4.90 Å². The first-order valence-electron chi connectivity index (χ1n) is 5.75. The topological polar surface area (TPSA) is 65.1 Å². The summed E-state index contributed by atoms with van der Waals surface area (Å²) in [5.74, 6) is 0. The van der Waals surface area contributed by atoms with Crippen LogP contribution < -0.4 is 5.14 Å². The predicted octanol–water partition coefficient (Wildman–Crippen LogP) is 2.28. The van der Waals surface area contributed by atoms with Crippen LogP contribution >= 0.6 is 0 Å². The number of hydrogen-bond donors (Lipinski definition) is 1. The molecule has 0 spiro atoms. The minimum absolute atomic E-state index is 0.130. The van der Waals surface area contributed by atoms with Crippen molar-refractivity contribution < 1.29 is 8.42 Å². The number of benzene rings is 2. The molecule has 3 aromatic rings. The van der Waals surface area contributed by atoms with Gasteiger partial charge in [-0.1, -0.05) is 18.2 Å². The lowest BCUT2D eigenvalue weighted by Gasteiger charge is -2.05. The molecule has 4 nitrogen and oxygen atoms in total. The van der Waals surface area contributed by atoms with Crippen molar-refractivity contribution >= 4 is 20.9 Å². The molecule has 1 heterocycles. The van der Waals surface area contributed by atoms with Crippen LogP contribution in [0.15, 0.2) is 65.7 Å². The Hall–Kier alpha value is -2.11. The van der Waals surface area contributed by atoms with Crippen LogP contribution in [0.1, 0.15) is 0 Å². The fraction of sp³-hybridized carbons (Fsp3) is 0. The van der Waals surface area contributed by atoms with Crippen molar-refractivity contribution in [1.29, 1.82) is 0 Å². The first-order valence-corrected chi connectivity index (χ1v) is 7.30. The first kappa shape index (κ1) is 12.0. The maximum Gasteiger partial charge on any atom is 0.238 e. The van der Waals surface area contributed by atoms with Crippen molar-refractivity contribution in [1.82, 2.24) is 4.57 Å². The van der Waals surface area contributed by atoms with Gasteiger partial charge in [-0.2, -0.15) is 0 Å². The number of rotatable bonds is 2. The molecule has 0 fully saturated rings. The van der Waals surface area contributed by atoms with Crippen molar-refractivity contribution in [2.45, 2.75) is 4.90 Å². The molecule has 2 N–H and O–H groups in total. The molecule has 96 valence electrons. The van der Waals surface area contributed by atoms with Gasteiger partial charge < -0.3 is 4.57 Å². The molecule has 2 aromatic carbocycles. The molecule has 0 unspecified atom stereocenters. The summed E-state index contributed by atoms with van der Waals surface area (Å²) in [6.07, 6.45) is 1.91. The quantitative estimate of drug-likeness (QED) is 0.777. The molecule has 1 aromatic heterocycles. The zero-order valence-corrected chi connectivity index (χ0v) is 10.8. The van der Waals surface area contributed by atoms with Gasteiger partial charge >= 0.3 is 0 Å². The average Bonchev–Trinajstić information content (AvgIpc) is 2.81. The fourth-order valence-corrected chi connectivity index (χ4v) is 2.66. The maximum absolute atomic E-state index is 11.3. The van der Waals surface area contributed by atoms with E-state index in [4.69, 9.17) is 5.14 Å². The highest BCUT2D eigenvalue weighted by Gasteiger charge is 2.10. The van der Waals surface area contributed by atoms with Gasteiger partial charge in [0, 0.05) is 17.3 Å². The molecular formula is C14H12N2O2S. The van der Waals surface area contributed by atoms with Crippen molar-refractivity contribution in [2.75, 3.05) is 0 Å². The second kappa shape index (κ2) is 4.22. The third-order valence-corrected chi connectivity index (χ3v) is 3.94. The summed E-state index contributed by atoms with van der Waals surface area (Å²) in [5.41, 5.74) is 1.97. The smallest absolute Gasteiger partial charge is 0.238 e. The highest BCUT2D eigenvalue weighted by molar-refractivity contribution is 7.89. The molecule has 0 amide bonds. The van der Waals surface area contributed by atoms with Crippen LogP contribution in [0.25, 0.3) is 16.6 Å². The van der Waals surface area contributed by atoms with E-state index >= 15 is 0 Å². The van der Waals surface area contributed by atoms with Gasteiger partial charge in [0.25, 0.3) is 0 Å². The van der Waals surface area contributed by atoms with E-state index in [1.54, 1.807) is 12.1 Å². The van der Waals surface area contributed by atoms with Crippen LogP contribution in [0, 0.1) is 0 Å². The number of nitrogens with zero attached hydrogens (tertiary/aromatic N) is 1. The normalized spacial score (nSPS) is 11.8. The second-order valence-electron chi connectivity index (χ2n) is 4.29. The number of nitrogens with two attached hydrogens (primary N) is 1. The van der Waals surface area contributed by atoms with E-state index in [1.807, 2.05) is 47.2 Å². The van der Waals surface area contributed by atoms with Crippen LogP contribution in [0.5, 0.6) is 0 Å². The molecule has 0 aliphatic rings. The van der Waals surface area contributed by atoms with Crippen LogP contribution in [-0.2, 0) is 10.0 Å². The minimum Gasteiger partial charge on any atom is -0.317 e. The van der Waals surface area contributed by atoms with Gasteiger partial charge in [0.1, 0.15) is 0 Å². The molecule has 19 heavy (non-hydrogen) atoms. The van der Waals surface area contributed by atoms with Gasteiger partial charge in [-0.3, -0.25) is 0 Å². The van der Waals surface area contributed by atoms with E-state index in [0.29, 0.717) is 0 Å². The lowest BCUT2D eigenvalue weighted by atomic mass is 10.2. The Morgan fingerprint density at radius 3 is 2.37 bits per heavy atom. The number of fused-ring (bicyclic) bond motifs is 1. The van der Waals surface area contributed by atoms with Crippen molar-refractivity contribution in [3.8, 4) is 5.69 Å². The second-order valence-corrected chi connectivity index (χ2v) is 5.85. The predicted molar refractivity (Wildman–Crippen MR) is 74.6 cm³/mol. The van der Waals surface area contributed by atoms with Gasteiger partial charge in [0.2, 0.25) is 10.0 Å². The van der Waals surface area contributed by atoms with Crippen LogP contribution in [0.3, 0.4) is 0 Å². The molecule has 0 saturated carbocycles. The van der Waals surface area contributed by atoms with Crippen LogP contribution in [0.4, 0.5) is 0 Å². The standard InChI is InChI=1S/C14H12N2O2S/c15-19(17,18)13-6-7-14-11(10-13)8-9-16(14)12-4-2-1-3-5-12/h1-10H,(H2,15,17,18). The Labute approximate surface area is 111 Å². The Kier molecular flexibility index (Phi) is 2.66. The Balaban J connectivity index is 2.21. The molecule has 0 atom stereocenters. The lowest BCUT2D eigenvalue weighted by Crippen LogP contribution is -2.11. The molecule has 0 saturated heterocycles. The van der Waals surface area contributed by atoms with Gasteiger partial charge in [0.15, 0.2) is 0 Å². The fourth-order valence-electron chi connectivity index (χ4n) is 2.11. The largest absolute Gasteiger partial charge is 0.317 e. The van der Waals surface area contributed by atoms with E-state index in [0.717, 1.165) is 16.6 Å². The van der Waals surface area contributed by atoms with E-state index in [1.165, 1.54) is 6.07 Å². The van der Waals surface area contributed by atoms with Crippen molar-refractivity contribution in [3.63, 3.8) is 0 Å². The number of sulfonamides is 1. The molecule has 0 aliphatic heterocycles. The molecular weight excluding hydrogens is 260 g/mol. The molecule has 0 aliphatic carbocycles. The van der Waals surface area contributed by atoms with Gasteiger partial charge in [0.05, 0.1) is 10.4 Å². The highest BCUT2D eigenvalue weighted by Crippen LogP contribution is 2.22. The van der Waals surface area contributed by atoms with Crippen LogP contribution in [0.2, 0.25) is 0 Å². The number of aromatic nitrogens is 1. The SMILES string of the molecule is NS(=O)(=O)c1ccc2c(ccn2-c2ccccc2)c1. The zero-order valence-electron chi connectivity index (χ0n) is 10.0. The summed E-state index contributed by atoms with van der Waals surface area (Å²) in [6, 6.07) is 16.6. The Bertz CT molecular complexity index is 836. The summed E-state index contributed by atoms with van der Waals surface area (Å²) >= 11 is 0. The molecule has 0 bridgehead atoms. The maximum atomic E-state index is 11.3. The highest BCUT2D eigenvalue weighted by atomic mass is 32.2. The van der Waals surface area contributed by atoms with Crippen molar-refractivity contribution in [3.05, 3.63) is 60.8 Å². The first-order chi connectivity index (χ1) is 9.05. The van der Waals surface area contributed by atoms with E-state index < -0.39 is 10.0 Å². The van der Waals surface area contributed by atoms with Crippen LogP contribution in [-0.4, -0.2) is 13.0 Å². The third kappa shape index (κ3) is 2.14. The third-order valence-electron chi connectivity index (χ3n) is 3.02. The summed E-state index contributed by atoms with van der Waals surface area (Å²) in [6.45, 7) is 0. The summed E-state index contributed by atoms with van der Waals surface area (Å²) in [5, 5.41) is 5.97. The number of primary sulfonamides is 1. The summed E-state index contributed by atoms with van der Waals surface area (Å²) < 4.78 is 24.7. The Morgan fingerprint density at radius 2 is 1.68 bits per heavy atom. The van der Waals surface area contributed by atoms with Crippen molar-refractivity contribution in [2.24, 2.45) is 5.14 Å². The summed E-state index contributed by atoms with van der Waals surface area (Å²) in [4.78, 5) is 0.130. The molecule has 0 radical (unpaired) electrons. The Morgan fingerprint density at radius 1 is 0.947 bits per heavy atom. The summed E-state index contributed by atoms with van der Waals surface area (Å²) in [7, 11) is -3.66. The lowest BCUT2D eigenvalue weighted by molar-refractivity contribution is 0.598. The molecule has 5 heteroatoms. The average molecular weight is 272 g/mol.